The highest BCUT2D eigenvalue weighted by molar-refractivity contribution is 5.08. The molecule has 2 fully saturated rings. The predicted molar refractivity (Wildman–Crippen MR) is 78.7 cm³/mol. The van der Waals surface area contributed by atoms with Gasteiger partial charge in [-0.05, 0) is 31.9 Å². The number of aromatic nitrogens is 1. The summed E-state index contributed by atoms with van der Waals surface area (Å²) in [5, 5.41) is 14.1. The lowest BCUT2D eigenvalue weighted by Gasteiger charge is -2.41. The fourth-order valence-corrected chi connectivity index (χ4v) is 3.14. The van der Waals surface area contributed by atoms with Gasteiger partial charge in [-0.3, -0.25) is 4.98 Å². The Morgan fingerprint density at radius 3 is 2.57 bits per heavy atom. The summed E-state index contributed by atoms with van der Waals surface area (Å²) in [5.74, 6) is -0.418. The average Bonchev–Trinajstić information content (AvgIpc) is 2.98. The normalized spacial score (nSPS) is 25.0. The van der Waals surface area contributed by atoms with Gasteiger partial charge < -0.3 is 19.9 Å². The summed E-state index contributed by atoms with van der Waals surface area (Å²) in [6, 6.07) is 6.02. The second kappa shape index (κ2) is 6.01. The molecule has 1 aliphatic carbocycles. The molecular formula is C16H24N2O3. The first kappa shape index (κ1) is 14.9. The van der Waals surface area contributed by atoms with Gasteiger partial charge in [-0.2, -0.15) is 0 Å². The van der Waals surface area contributed by atoms with Gasteiger partial charge in [0, 0.05) is 31.6 Å². The Labute approximate surface area is 125 Å². The van der Waals surface area contributed by atoms with Crippen molar-refractivity contribution in [3.63, 3.8) is 0 Å². The van der Waals surface area contributed by atoms with Crippen LogP contribution in [0.15, 0.2) is 24.4 Å². The molecule has 2 heterocycles. The summed E-state index contributed by atoms with van der Waals surface area (Å²) in [5.41, 5.74) is 0.319. The van der Waals surface area contributed by atoms with Crippen molar-refractivity contribution in [3.8, 4) is 0 Å². The van der Waals surface area contributed by atoms with Gasteiger partial charge in [0.2, 0.25) is 0 Å². The van der Waals surface area contributed by atoms with E-state index in [-0.39, 0.29) is 6.04 Å². The Kier molecular flexibility index (Phi) is 4.26. The van der Waals surface area contributed by atoms with E-state index in [2.05, 4.69) is 17.2 Å². The second-order valence-corrected chi connectivity index (χ2v) is 6.19. The Morgan fingerprint density at radius 2 is 1.95 bits per heavy atom. The van der Waals surface area contributed by atoms with Crippen molar-refractivity contribution in [1.82, 2.24) is 10.3 Å². The van der Waals surface area contributed by atoms with Crippen LogP contribution in [0.4, 0.5) is 0 Å². The molecule has 1 aromatic rings. The molecule has 116 valence electrons. The van der Waals surface area contributed by atoms with Gasteiger partial charge in [0.25, 0.3) is 0 Å². The molecule has 21 heavy (non-hydrogen) atoms. The van der Waals surface area contributed by atoms with Crippen LogP contribution in [0, 0.1) is 0 Å². The fourth-order valence-electron chi connectivity index (χ4n) is 3.14. The van der Waals surface area contributed by atoms with Crippen molar-refractivity contribution in [2.45, 2.75) is 50.0 Å². The second-order valence-electron chi connectivity index (χ2n) is 6.19. The SMILES string of the molecule is CC(NCC1(O)CCC2(CC1)OCCO2)c1ccccn1. The number of ether oxygens (including phenoxy) is 2. The van der Waals surface area contributed by atoms with E-state index >= 15 is 0 Å². The first-order chi connectivity index (χ1) is 10.1. The lowest BCUT2D eigenvalue weighted by atomic mass is 9.81. The molecule has 5 nitrogen and oxygen atoms in total. The highest BCUT2D eigenvalue weighted by Gasteiger charge is 2.45. The molecule has 3 rings (SSSR count). The lowest BCUT2D eigenvalue weighted by Crippen LogP contribution is -2.49. The average molecular weight is 292 g/mol. The van der Waals surface area contributed by atoms with E-state index in [1.807, 2.05) is 18.2 Å². The van der Waals surface area contributed by atoms with Gasteiger partial charge in [0.1, 0.15) is 0 Å². The molecule has 1 saturated carbocycles. The first-order valence-corrected chi connectivity index (χ1v) is 7.76. The predicted octanol–water partition coefficient (Wildman–Crippen LogP) is 1.78. The van der Waals surface area contributed by atoms with E-state index in [1.165, 1.54) is 0 Å². The molecule has 5 heteroatoms. The van der Waals surface area contributed by atoms with Gasteiger partial charge in [-0.25, -0.2) is 0 Å². The third kappa shape index (κ3) is 3.43. The van der Waals surface area contributed by atoms with Gasteiger partial charge >= 0.3 is 0 Å². The van der Waals surface area contributed by atoms with Crippen molar-refractivity contribution in [3.05, 3.63) is 30.1 Å². The maximum absolute atomic E-state index is 10.7. The largest absolute Gasteiger partial charge is 0.389 e. The summed E-state index contributed by atoms with van der Waals surface area (Å²) in [7, 11) is 0. The highest BCUT2D eigenvalue weighted by atomic mass is 16.7. The van der Waals surface area contributed by atoms with Crippen LogP contribution in [0.25, 0.3) is 0 Å². The summed E-state index contributed by atoms with van der Waals surface area (Å²) < 4.78 is 11.4. The van der Waals surface area contributed by atoms with Crippen LogP contribution < -0.4 is 5.32 Å². The quantitative estimate of drug-likeness (QED) is 0.885. The number of hydrogen-bond acceptors (Lipinski definition) is 5. The Morgan fingerprint density at radius 1 is 1.24 bits per heavy atom. The lowest BCUT2D eigenvalue weighted by molar-refractivity contribution is -0.201. The molecule has 1 aliphatic heterocycles. The molecule has 1 spiro atoms. The summed E-state index contributed by atoms with van der Waals surface area (Å²) >= 11 is 0. The third-order valence-electron chi connectivity index (χ3n) is 4.62. The number of hydrogen-bond donors (Lipinski definition) is 2. The van der Waals surface area contributed by atoms with Gasteiger partial charge in [0.15, 0.2) is 5.79 Å². The molecule has 2 N–H and O–H groups in total. The molecule has 1 saturated heterocycles. The van der Waals surface area contributed by atoms with Crippen LogP contribution in [0.5, 0.6) is 0 Å². The van der Waals surface area contributed by atoms with Crippen molar-refractivity contribution >= 4 is 0 Å². The van der Waals surface area contributed by atoms with Crippen LogP contribution >= 0.6 is 0 Å². The number of nitrogens with one attached hydrogen (secondary N) is 1. The van der Waals surface area contributed by atoms with Gasteiger partial charge in [-0.15, -0.1) is 0 Å². The molecule has 0 radical (unpaired) electrons. The van der Waals surface area contributed by atoms with Crippen LogP contribution in [0.3, 0.4) is 0 Å². The van der Waals surface area contributed by atoms with E-state index in [1.54, 1.807) is 6.20 Å². The first-order valence-electron chi connectivity index (χ1n) is 7.76. The zero-order valence-corrected chi connectivity index (χ0v) is 12.5. The molecular weight excluding hydrogens is 268 g/mol. The van der Waals surface area contributed by atoms with Crippen LogP contribution in [0.1, 0.15) is 44.3 Å². The van der Waals surface area contributed by atoms with Crippen LogP contribution in [0.2, 0.25) is 0 Å². The molecule has 0 bridgehead atoms. The molecule has 1 atom stereocenters. The van der Waals surface area contributed by atoms with E-state index in [0.29, 0.717) is 32.6 Å². The van der Waals surface area contributed by atoms with Crippen molar-refractivity contribution in [1.29, 1.82) is 0 Å². The minimum Gasteiger partial charge on any atom is -0.389 e. The molecule has 1 unspecified atom stereocenters. The van der Waals surface area contributed by atoms with Crippen molar-refractivity contribution in [2.24, 2.45) is 0 Å². The number of aliphatic hydroxyl groups is 1. The number of nitrogens with zero attached hydrogens (tertiary/aromatic N) is 1. The van der Waals surface area contributed by atoms with E-state index < -0.39 is 11.4 Å². The summed E-state index contributed by atoms with van der Waals surface area (Å²) in [6.45, 7) is 3.99. The van der Waals surface area contributed by atoms with E-state index in [9.17, 15) is 5.11 Å². The summed E-state index contributed by atoms with van der Waals surface area (Å²) in [6.07, 6.45) is 4.73. The van der Waals surface area contributed by atoms with Gasteiger partial charge in [0.05, 0.1) is 24.5 Å². The Balaban J connectivity index is 1.51. The van der Waals surface area contributed by atoms with Crippen molar-refractivity contribution < 1.29 is 14.6 Å². The maximum atomic E-state index is 10.7. The van der Waals surface area contributed by atoms with Crippen LogP contribution in [-0.2, 0) is 9.47 Å². The Bertz CT molecular complexity index is 450. The minimum absolute atomic E-state index is 0.130. The van der Waals surface area contributed by atoms with E-state index in [4.69, 9.17) is 9.47 Å². The highest BCUT2D eigenvalue weighted by Crippen LogP contribution is 2.40. The molecule has 1 aromatic heterocycles. The number of rotatable bonds is 4. The smallest absolute Gasteiger partial charge is 0.168 e. The number of pyridine rings is 1. The minimum atomic E-state index is -0.677. The van der Waals surface area contributed by atoms with Crippen LogP contribution in [-0.4, -0.2) is 41.2 Å². The monoisotopic (exact) mass is 292 g/mol. The standard InChI is InChI=1S/C16H24N2O3/c1-13(14-4-2-3-9-17-14)18-12-15(19)5-7-16(8-6-15)20-10-11-21-16/h2-4,9,13,18-19H,5-8,10-12H2,1H3. The maximum Gasteiger partial charge on any atom is 0.168 e. The molecule has 0 aromatic carbocycles. The third-order valence-corrected chi connectivity index (χ3v) is 4.62. The van der Waals surface area contributed by atoms with Crippen molar-refractivity contribution in [2.75, 3.05) is 19.8 Å². The fraction of sp³-hybridized carbons (Fsp3) is 0.688. The van der Waals surface area contributed by atoms with Gasteiger partial charge in [-0.1, -0.05) is 6.07 Å². The zero-order chi connectivity index (χ0) is 14.8. The molecule has 0 amide bonds. The Hall–Kier alpha value is -1.01. The van der Waals surface area contributed by atoms with E-state index in [0.717, 1.165) is 18.5 Å². The summed E-state index contributed by atoms with van der Waals surface area (Å²) in [4.78, 5) is 4.34. The topological polar surface area (TPSA) is 63.6 Å². The molecule has 2 aliphatic rings. The zero-order valence-electron chi connectivity index (χ0n) is 12.5.